The number of ether oxygens (including phenoxy) is 1. The first-order valence-electron chi connectivity index (χ1n) is 6.59. The van der Waals surface area contributed by atoms with E-state index < -0.39 is 5.97 Å². The summed E-state index contributed by atoms with van der Waals surface area (Å²) in [5.74, 6) is -0.862. The number of carboxylic acids is 1. The number of nitrogens with two attached hydrogens (primary N) is 1. The molecule has 1 saturated heterocycles. The molecule has 1 heterocycles. The molecular formula is C14H20N2O3. The topological polar surface area (TPSA) is 75.8 Å². The zero-order chi connectivity index (χ0) is 13.7. The largest absolute Gasteiger partial charge is 0.480 e. The van der Waals surface area contributed by atoms with Gasteiger partial charge in [-0.2, -0.15) is 0 Å². The maximum atomic E-state index is 11.0. The molecule has 1 aromatic carbocycles. The second kappa shape index (κ2) is 6.43. The molecule has 104 valence electrons. The summed E-state index contributed by atoms with van der Waals surface area (Å²) < 4.78 is 5.68. The number of para-hydroxylation sites is 2. The van der Waals surface area contributed by atoms with Gasteiger partial charge in [0.25, 0.3) is 0 Å². The third-order valence-electron chi connectivity index (χ3n) is 3.30. The normalized spacial score (nSPS) is 19.1. The summed E-state index contributed by atoms with van der Waals surface area (Å²) in [6.07, 6.45) is 3.29. The van der Waals surface area contributed by atoms with Crippen molar-refractivity contribution in [3.63, 3.8) is 0 Å². The summed E-state index contributed by atoms with van der Waals surface area (Å²) in [6.45, 7) is 1.27. The zero-order valence-corrected chi connectivity index (χ0v) is 10.9. The predicted octanol–water partition coefficient (Wildman–Crippen LogP) is 1.73. The highest BCUT2D eigenvalue weighted by atomic mass is 16.5. The molecule has 1 atom stereocenters. The van der Waals surface area contributed by atoms with E-state index in [4.69, 9.17) is 15.6 Å². The van der Waals surface area contributed by atoms with Crippen LogP contribution in [0.1, 0.15) is 19.3 Å². The highest BCUT2D eigenvalue weighted by molar-refractivity contribution is 5.77. The number of nitrogen functional groups attached to an aromatic ring is 1. The average Bonchev–Trinajstić information content (AvgIpc) is 2.39. The van der Waals surface area contributed by atoms with Crippen molar-refractivity contribution < 1.29 is 14.6 Å². The van der Waals surface area contributed by atoms with Crippen LogP contribution in [0.4, 0.5) is 11.4 Å². The van der Waals surface area contributed by atoms with Gasteiger partial charge in [0.2, 0.25) is 0 Å². The van der Waals surface area contributed by atoms with Crippen LogP contribution in [0.2, 0.25) is 0 Å². The van der Waals surface area contributed by atoms with Gasteiger partial charge in [0.15, 0.2) is 0 Å². The summed E-state index contributed by atoms with van der Waals surface area (Å²) in [4.78, 5) is 12.8. The van der Waals surface area contributed by atoms with Gasteiger partial charge in [-0.15, -0.1) is 0 Å². The molecule has 0 radical (unpaired) electrons. The van der Waals surface area contributed by atoms with Crippen molar-refractivity contribution in [1.82, 2.24) is 0 Å². The fourth-order valence-electron chi connectivity index (χ4n) is 2.38. The monoisotopic (exact) mass is 264 g/mol. The Balaban J connectivity index is 2.11. The first kappa shape index (κ1) is 13.7. The zero-order valence-electron chi connectivity index (χ0n) is 10.9. The van der Waals surface area contributed by atoms with Gasteiger partial charge >= 0.3 is 5.97 Å². The molecule has 0 amide bonds. The van der Waals surface area contributed by atoms with E-state index in [0.29, 0.717) is 12.2 Å². The van der Waals surface area contributed by atoms with Crippen molar-refractivity contribution in [2.75, 3.05) is 30.3 Å². The quantitative estimate of drug-likeness (QED) is 0.792. The molecule has 5 heteroatoms. The highest BCUT2D eigenvalue weighted by Gasteiger charge is 2.20. The fraction of sp³-hybridized carbons (Fsp3) is 0.500. The van der Waals surface area contributed by atoms with Crippen molar-refractivity contribution in [2.45, 2.75) is 25.4 Å². The average molecular weight is 264 g/mol. The van der Waals surface area contributed by atoms with E-state index in [1.807, 2.05) is 18.2 Å². The van der Waals surface area contributed by atoms with Crippen LogP contribution in [-0.2, 0) is 9.53 Å². The van der Waals surface area contributed by atoms with Crippen LogP contribution in [-0.4, -0.2) is 36.9 Å². The van der Waals surface area contributed by atoms with Crippen LogP contribution in [0.15, 0.2) is 24.3 Å². The summed E-state index contributed by atoms with van der Waals surface area (Å²) in [6, 6.07) is 7.34. The van der Waals surface area contributed by atoms with Gasteiger partial charge < -0.3 is 20.5 Å². The van der Waals surface area contributed by atoms with Crippen LogP contribution < -0.4 is 10.6 Å². The number of anilines is 2. The number of benzene rings is 1. The molecule has 0 bridgehead atoms. The first-order chi connectivity index (χ1) is 9.16. The molecule has 1 fully saturated rings. The van der Waals surface area contributed by atoms with Gasteiger partial charge in [-0.25, -0.2) is 0 Å². The van der Waals surface area contributed by atoms with Crippen molar-refractivity contribution in [3.05, 3.63) is 24.3 Å². The number of nitrogens with zero attached hydrogens (tertiary/aromatic N) is 1. The minimum Gasteiger partial charge on any atom is -0.480 e. The summed E-state index contributed by atoms with van der Waals surface area (Å²) in [5.41, 5.74) is 7.29. The Bertz CT molecular complexity index is 430. The maximum absolute atomic E-state index is 11.0. The number of aliphatic carboxylic acids is 1. The molecule has 0 aromatic heterocycles. The minimum absolute atomic E-state index is 0.0614. The molecule has 0 saturated carbocycles. The second-order valence-corrected chi connectivity index (χ2v) is 4.82. The van der Waals surface area contributed by atoms with E-state index in [9.17, 15) is 4.79 Å². The lowest BCUT2D eigenvalue weighted by Gasteiger charge is -2.31. The lowest BCUT2D eigenvalue weighted by atomic mass is 10.1. The first-order valence-corrected chi connectivity index (χ1v) is 6.59. The van der Waals surface area contributed by atoms with Gasteiger partial charge in [-0.1, -0.05) is 12.1 Å². The smallest absolute Gasteiger partial charge is 0.323 e. The van der Waals surface area contributed by atoms with Gasteiger partial charge in [0.1, 0.15) is 6.54 Å². The van der Waals surface area contributed by atoms with E-state index in [0.717, 1.165) is 31.6 Å². The predicted molar refractivity (Wildman–Crippen MR) is 74.3 cm³/mol. The van der Waals surface area contributed by atoms with E-state index in [1.165, 1.54) is 0 Å². The Labute approximate surface area is 113 Å². The molecular weight excluding hydrogens is 244 g/mol. The highest BCUT2D eigenvalue weighted by Crippen LogP contribution is 2.24. The Morgan fingerprint density at radius 1 is 1.42 bits per heavy atom. The molecule has 1 unspecified atom stereocenters. The van der Waals surface area contributed by atoms with E-state index in [1.54, 1.807) is 11.0 Å². The molecule has 0 aliphatic carbocycles. The number of carbonyl (C=O) groups is 1. The van der Waals surface area contributed by atoms with Crippen molar-refractivity contribution in [3.8, 4) is 0 Å². The van der Waals surface area contributed by atoms with E-state index in [-0.39, 0.29) is 12.6 Å². The van der Waals surface area contributed by atoms with Crippen LogP contribution >= 0.6 is 0 Å². The van der Waals surface area contributed by atoms with Gasteiger partial charge in [0.05, 0.1) is 17.5 Å². The molecule has 3 N–H and O–H groups in total. The Morgan fingerprint density at radius 2 is 2.21 bits per heavy atom. The van der Waals surface area contributed by atoms with Crippen LogP contribution in [0.3, 0.4) is 0 Å². The Morgan fingerprint density at radius 3 is 2.84 bits per heavy atom. The number of carboxylic acid groups (broad SMARTS) is 1. The second-order valence-electron chi connectivity index (χ2n) is 4.82. The van der Waals surface area contributed by atoms with Gasteiger partial charge in [-0.05, 0) is 31.4 Å². The van der Waals surface area contributed by atoms with Crippen LogP contribution in [0.25, 0.3) is 0 Å². The molecule has 0 spiro atoms. The minimum atomic E-state index is -0.862. The van der Waals surface area contributed by atoms with E-state index >= 15 is 0 Å². The lowest BCUT2D eigenvalue weighted by Crippen LogP contribution is -2.39. The summed E-state index contributed by atoms with van der Waals surface area (Å²) in [7, 11) is 0. The van der Waals surface area contributed by atoms with Crippen LogP contribution in [0, 0.1) is 0 Å². The third-order valence-corrected chi connectivity index (χ3v) is 3.30. The van der Waals surface area contributed by atoms with Gasteiger partial charge in [0, 0.05) is 13.2 Å². The molecule has 19 heavy (non-hydrogen) atoms. The fourth-order valence-corrected chi connectivity index (χ4v) is 2.38. The third kappa shape index (κ3) is 3.86. The van der Waals surface area contributed by atoms with Crippen molar-refractivity contribution in [2.24, 2.45) is 0 Å². The SMILES string of the molecule is Nc1ccccc1N(CC(=O)O)CC1CCCCO1. The number of hydrogen-bond donors (Lipinski definition) is 2. The lowest BCUT2D eigenvalue weighted by molar-refractivity contribution is -0.135. The molecule has 1 aliphatic rings. The number of hydrogen-bond acceptors (Lipinski definition) is 4. The van der Waals surface area contributed by atoms with Crippen molar-refractivity contribution in [1.29, 1.82) is 0 Å². The number of rotatable bonds is 5. The molecule has 1 aliphatic heterocycles. The molecule has 2 rings (SSSR count). The maximum Gasteiger partial charge on any atom is 0.323 e. The summed E-state index contributed by atoms with van der Waals surface area (Å²) >= 11 is 0. The molecule has 1 aromatic rings. The van der Waals surface area contributed by atoms with Crippen molar-refractivity contribution >= 4 is 17.3 Å². The Hall–Kier alpha value is -1.75. The van der Waals surface area contributed by atoms with E-state index in [2.05, 4.69) is 0 Å². The van der Waals surface area contributed by atoms with Gasteiger partial charge in [-0.3, -0.25) is 4.79 Å². The summed E-state index contributed by atoms with van der Waals surface area (Å²) in [5, 5.41) is 9.04. The van der Waals surface area contributed by atoms with Crippen LogP contribution in [0.5, 0.6) is 0 Å². The Kier molecular flexibility index (Phi) is 4.63. The molecule has 5 nitrogen and oxygen atoms in total. The standard InChI is InChI=1S/C14H20N2O3/c15-12-6-1-2-7-13(12)16(10-14(17)18)9-11-5-3-4-8-19-11/h1-2,6-7,11H,3-5,8-10,15H2,(H,17,18).